The SMILES string of the molecule is CNS(=O)(=O)c1ccc(C(C)CN)cc1. The lowest BCUT2D eigenvalue weighted by atomic mass is 10.0. The maximum absolute atomic E-state index is 11.4. The predicted molar refractivity (Wildman–Crippen MR) is 60.2 cm³/mol. The highest BCUT2D eigenvalue weighted by molar-refractivity contribution is 7.89. The Morgan fingerprint density at radius 2 is 1.87 bits per heavy atom. The van der Waals surface area contributed by atoms with Gasteiger partial charge in [-0.1, -0.05) is 19.1 Å². The van der Waals surface area contributed by atoms with Crippen molar-refractivity contribution in [2.45, 2.75) is 17.7 Å². The molecule has 1 atom stereocenters. The zero-order valence-corrected chi connectivity index (χ0v) is 9.71. The summed E-state index contributed by atoms with van der Waals surface area (Å²) in [5.41, 5.74) is 6.57. The highest BCUT2D eigenvalue weighted by Crippen LogP contribution is 2.16. The molecule has 3 N–H and O–H groups in total. The van der Waals surface area contributed by atoms with Gasteiger partial charge in [-0.25, -0.2) is 13.1 Å². The quantitative estimate of drug-likeness (QED) is 0.795. The summed E-state index contributed by atoms with van der Waals surface area (Å²) in [5.74, 6) is 0.247. The summed E-state index contributed by atoms with van der Waals surface area (Å²) in [5, 5.41) is 0. The van der Waals surface area contributed by atoms with Gasteiger partial charge in [0.15, 0.2) is 0 Å². The molecule has 0 saturated carbocycles. The van der Waals surface area contributed by atoms with Crippen molar-refractivity contribution in [3.05, 3.63) is 29.8 Å². The molecular weight excluding hydrogens is 212 g/mol. The van der Waals surface area contributed by atoms with Gasteiger partial charge in [0, 0.05) is 0 Å². The molecule has 0 radical (unpaired) electrons. The molecule has 0 aromatic heterocycles. The molecule has 0 spiro atoms. The van der Waals surface area contributed by atoms with E-state index in [2.05, 4.69) is 4.72 Å². The highest BCUT2D eigenvalue weighted by Gasteiger charge is 2.11. The van der Waals surface area contributed by atoms with Gasteiger partial charge < -0.3 is 5.73 Å². The molecule has 1 aromatic rings. The largest absolute Gasteiger partial charge is 0.330 e. The van der Waals surface area contributed by atoms with E-state index in [1.165, 1.54) is 7.05 Å². The Balaban J connectivity index is 3.00. The van der Waals surface area contributed by atoms with Crippen LogP contribution in [0.3, 0.4) is 0 Å². The minimum absolute atomic E-state index is 0.247. The molecule has 0 aliphatic rings. The molecule has 1 unspecified atom stereocenters. The number of benzene rings is 1. The first-order valence-electron chi connectivity index (χ1n) is 4.75. The van der Waals surface area contributed by atoms with Gasteiger partial charge in [-0.2, -0.15) is 0 Å². The number of nitrogens with two attached hydrogens (primary N) is 1. The van der Waals surface area contributed by atoms with Crippen LogP contribution in [0, 0.1) is 0 Å². The molecule has 4 nitrogen and oxygen atoms in total. The summed E-state index contributed by atoms with van der Waals surface area (Å²) in [7, 11) is -1.93. The van der Waals surface area contributed by atoms with Gasteiger partial charge in [0.1, 0.15) is 0 Å². The van der Waals surface area contributed by atoms with E-state index in [-0.39, 0.29) is 10.8 Å². The maximum atomic E-state index is 11.4. The number of hydrogen-bond donors (Lipinski definition) is 2. The lowest BCUT2D eigenvalue weighted by molar-refractivity contribution is 0.588. The van der Waals surface area contributed by atoms with Crippen LogP contribution < -0.4 is 10.5 Å². The van der Waals surface area contributed by atoms with Crippen LogP contribution in [0.5, 0.6) is 0 Å². The van der Waals surface area contributed by atoms with Crippen molar-refractivity contribution >= 4 is 10.0 Å². The first-order chi connectivity index (χ1) is 7.01. The molecule has 1 rings (SSSR count). The second-order valence-electron chi connectivity index (χ2n) is 3.41. The van der Waals surface area contributed by atoms with Gasteiger partial charge in [-0.05, 0) is 37.2 Å². The monoisotopic (exact) mass is 228 g/mol. The number of hydrogen-bond acceptors (Lipinski definition) is 3. The second kappa shape index (κ2) is 4.74. The van der Waals surface area contributed by atoms with Crippen LogP contribution in [0.4, 0.5) is 0 Å². The summed E-state index contributed by atoms with van der Waals surface area (Å²) in [4.78, 5) is 0.276. The molecule has 0 saturated heterocycles. The van der Waals surface area contributed by atoms with E-state index in [1.54, 1.807) is 24.3 Å². The zero-order valence-electron chi connectivity index (χ0n) is 8.90. The molecule has 1 aromatic carbocycles. The van der Waals surface area contributed by atoms with Crippen LogP contribution in [0.2, 0.25) is 0 Å². The number of sulfonamides is 1. The van der Waals surface area contributed by atoms with Crippen LogP contribution in [0.25, 0.3) is 0 Å². The summed E-state index contributed by atoms with van der Waals surface area (Å²) in [6.45, 7) is 2.56. The van der Waals surface area contributed by atoms with E-state index < -0.39 is 10.0 Å². The Hall–Kier alpha value is -0.910. The number of nitrogens with one attached hydrogen (secondary N) is 1. The van der Waals surface area contributed by atoms with E-state index in [9.17, 15) is 8.42 Å². The van der Waals surface area contributed by atoms with Crippen molar-refractivity contribution < 1.29 is 8.42 Å². The Labute approximate surface area is 90.5 Å². The first-order valence-corrected chi connectivity index (χ1v) is 6.23. The van der Waals surface area contributed by atoms with Gasteiger partial charge in [-0.15, -0.1) is 0 Å². The van der Waals surface area contributed by atoms with Crippen molar-refractivity contribution in [2.75, 3.05) is 13.6 Å². The van der Waals surface area contributed by atoms with Gasteiger partial charge >= 0.3 is 0 Å². The molecule has 15 heavy (non-hydrogen) atoms. The number of rotatable bonds is 4. The van der Waals surface area contributed by atoms with Crippen molar-refractivity contribution in [3.63, 3.8) is 0 Å². The molecule has 5 heteroatoms. The smallest absolute Gasteiger partial charge is 0.240 e. The highest BCUT2D eigenvalue weighted by atomic mass is 32.2. The topological polar surface area (TPSA) is 72.2 Å². The maximum Gasteiger partial charge on any atom is 0.240 e. The predicted octanol–water partition coefficient (Wildman–Crippen LogP) is 0.657. The average Bonchev–Trinajstić information content (AvgIpc) is 2.28. The fourth-order valence-corrected chi connectivity index (χ4v) is 1.96. The van der Waals surface area contributed by atoms with Gasteiger partial charge in [0.25, 0.3) is 0 Å². The molecule has 0 fully saturated rings. The molecule has 84 valence electrons. The second-order valence-corrected chi connectivity index (χ2v) is 5.30. The third-order valence-electron chi connectivity index (χ3n) is 2.38. The Bertz CT molecular complexity index is 412. The molecule has 0 amide bonds. The van der Waals surface area contributed by atoms with Crippen molar-refractivity contribution in [3.8, 4) is 0 Å². The van der Waals surface area contributed by atoms with E-state index in [0.717, 1.165) is 5.56 Å². The fraction of sp³-hybridized carbons (Fsp3) is 0.400. The summed E-state index contributed by atoms with van der Waals surface area (Å²) < 4.78 is 25.1. The van der Waals surface area contributed by atoms with E-state index in [4.69, 9.17) is 5.73 Å². The minimum Gasteiger partial charge on any atom is -0.330 e. The van der Waals surface area contributed by atoms with Crippen molar-refractivity contribution in [2.24, 2.45) is 5.73 Å². The third kappa shape index (κ3) is 2.77. The van der Waals surface area contributed by atoms with Crippen LogP contribution in [-0.4, -0.2) is 22.0 Å². The van der Waals surface area contributed by atoms with E-state index in [1.807, 2.05) is 6.92 Å². The van der Waals surface area contributed by atoms with Crippen molar-refractivity contribution in [1.29, 1.82) is 0 Å². The molecule has 0 heterocycles. The standard InChI is InChI=1S/C10H16N2O2S/c1-8(7-11)9-3-5-10(6-4-9)15(13,14)12-2/h3-6,8,12H,7,11H2,1-2H3. The fourth-order valence-electron chi connectivity index (χ4n) is 1.23. The average molecular weight is 228 g/mol. The lowest BCUT2D eigenvalue weighted by Crippen LogP contribution is -2.18. The normalized spacial score (nSPS) is 13.8. The Morgan fingerprint density at radius 1 is 1.33 bits per heavy atom. The van der Waals surface area contributed by atoms with Gasteiger partial charge in [0.2, 0.25) is 10.0 Å². The van der Waals surface area contributed by atoms with E-state index in [0.29, 0.717) is 6.54 Å². The van der Waals surface area contributed by atoms with Crippen LogP contribution in [0.15, 0.2) is 29.2 Å². The molecule has 0 aliphatic heterocycles. The van der Waals surface area contributed by atoms with E-state index >= 15 is 0 Å². The summed E-state index contributed by atoms with van der Waals surface area (Å²) in [6.07, 6.45) is 0. The summed E-state index contributed by atoms with van der Waals surface area (Å²) in [6, 6.07) is 6.77. The van der Waals surface area contributed by atoms with Gasteiger partial charge in [-0.3, -0.25) is 0 Å². The van der Waals surface area contributed by atoms with Crippen molar-refractivity contribution in [1.82, 2.24) is 4.72 Å². The van der Waals surface area contributed by atoms with Gasteiger partial charge in [0.05, 0.1) is 4.90 Å². The van der Waals surface area contributed by atoms with Crippen LogP contribution in [0.1, 0.15) is 18.4 Å². The molecular formula is C10H16N2O2S. The first kappa shape index (κ1) is 12.2. The summed E-state index contributed by atoms with van der Waals surface area (Å²) >= 11 is 0. The minimum atomic E-state index is -3.33. The Kier molecular flexibility index (Phi) is 3.84. The molecule has 0 aliphatic carbocycles. The van der Waals surface area contributed by atoms with Crippen LogP contribution >= 0.6 is 0 Å². The lowest BCUT2D eigenvalue weighted by Gasteiger charge is -2.09. The molecule has 0 bridgehead atoms. The zero-order chi connectivity index (χ0) is 11.5. The van der Waals surface area contributed by atoms with Crippen LogP contribution in [-0.2, 0) is 10.0 Å². The Morgan fingerprint density at radius 3 is 2.27 bits per heavy atom. The third-order valence-corrected chi connectivity index (χ3v) is 3.81.